The molecule has 0 fully saturated rings. The summed E-state index contributed by atoms with van der Waals surface area (Å²) in [5.41, 5.74) is 20.5. The average Bonchev–Trinajstić information content (AvgIpc) is 3.52. The maximum atomic E-state index is 2.72. The van der Waals surface area contributed by atoms with Crippen molar-refractivity contribution >= 4 is 62.9 Å². The van der Waals surface area contributed by atoms with Crippen LogP contribution < -0.4 is 36.0 Å². The summed E-state index contributed by atoms with van der Waals surface area (Å²) >= 11 is 0. The van der Waals surface area contributed by atoms with Gasteiger partial charge in [0.2, 0.25) is 0 Å². The number of hydrogen-bond donors (Lipinski definition) is 0. The van der Waals surface area contributed by atoms with Crippen molar-refractivity contribution in [1.82, 2.24) is 0 Å². The summed E-state index contributed by atoms with van der Waals surface area (Å²) in [6, 6.07) is 60.5. The van der Waals surface area contributed by atoms with E-state index in [4.69, 9.17) is 0 Å². The molecule has 0 radical (unpaired) electrons. The predicted molar refractivity (Wildman–Crippen MR) is 295 cm³/mol. The molecule has 68 heavy (non-hydrogen) atoms. The normalized spacial score (nSPS) is 15.3. The van der Waals surface area contributed by atoms with Gasteiger partial charge in [-0.15, -0.1) is 0 Å². The van der Waals surface area contributed by atoms with E-state index in [0.717, 1.165) is 19.4 Å². The first-order valence-electron chi connectivity index (χ1n) is 25.0. The number of nitrogens with zero attached hydrogens (tertiary/aromatic N) is 4. The van der Waals surface area contributed by atoms with E-state index in [9.17, 15) is 0 Å². The second kappa shape index (κ2) is 16.2. The third-order valence-electron chi connectivity index (χ3n) is 16.5. The summed E-state index contributed by atoms with van der Waals surface area (Å²) in [7, 11) is 4.55. The monoisotopic (exact) mass is 895 g/mol. The van der Waals surface area contributed by atoms with Crippen LogP contribution in [0.15, 0.2) is 158 Å². The van der Waals surface area contributed by atoms with Gasteiger partial charge in [-0.05, 0) is 129 Å². The first-order valence-corrected chi connectivity index (χ1v) is 25.0. The van der Waals surface area contributed by atoms with Gasteiger partial charge >= 0.3 is 0 Å². The topological polar surface area (TPSA) is 13.0 Å². The molecule has 0 bridgehead atoms. The van der Waals surface area contributed by atoms with E-state index in [0.29, 0.717) is 0 Å². The minimum Gasteiger partial charge on any atom is -0.350 e. The predicted octanol–water partition coefficient (Wildman–Crippen LogP) is 13.8. The van der Waals surface area contributed by atoms with E-state index in [1.54, 1.807) is 0 Å². The zero-order valence-corrected chi connectivity index (χ0v) is 43.0. The number of fused-ring (bicyclic) bond motifs is 5. The van der Waals surface area contributed by atoms with Crippen LogP contribution in [0.3, 0.4) is 0 Å². The molecule has 4 nitrogen and oxygen atoms in total. The van der Waals surface area contributed by atoms with Crippen LogP contribution in [0, 0.1) is 0 Å². The average molecular weight is 895 g/mol. The van der Waals surface area contributed by atoms with Crippen LogP contribution in [0.2, 0.25) is 0 Å². The summed E-state index contributed by atoms with van der Waals surface area (Å²) in [5.74, 6) is 0. The second-order valence-electron chi connectivity index (χ2n) is 23.4. The fourth-order valence-electron chi connectivity index (χ4n) is 11.7. The molecule has 10 rings (SSSR count). The molecule has 0 amide bonds. The lowest BCUT2D eigenvalue weighted by Gasteiger charge is -2.46. The fraction of sp³-hybridized carbons (Fsp3) is 0.333. The Morgan fingerprint density at radius 1 is 0.426 bits per heavy atom. The number of para-hydroxylation sites is 2. The highest BCUT2D eigenvalue weighted by Gasteiger charge is 2.46. The molecule has 0 aliphatic carbocycles. The molecule has 0 saturated carbocycles. The van der Waals surface area contributed by atoms with Crippen molar-refractivity contribution in [1.29, 1.82) is 0 Å². The summed E-state index contributed by atoms with van der Waals surface area (Å²) in [4.78, 5) is 10.3. The molecule has 0 unspecified atom stereocenters. The van der Waals surface area contributed by atoms with Crippen LogP contribution in [-0.2, 0) is 21.7 Å². The number of rotatable bonds is 9. The van der Waals surface area contributed by atoms with Gasteiger partial charge in [-0.25, -0.2) is 0 Å². The lowest BCUT2D eigenvalue weighted by Crippen LogP contribution is -2.62. The van der Waals surface area contributed by atoms with Crippen molar-refractivity contribution in [2.45, 2.75) is 116 Å². The zero-order valence-electron chi connectivity index (χ0n) is 43.0. The van der Waals surface area contributed by atoms with Crippen molar-refractivity contribution in [3.8, 4) is 0 Å². The van der Waals surface area contributed by atoms with Gasteiger partial charge in [0.1, 0.15) is 5.66 Å². The standard InChI is InChI=1S/C63H71BN4/c1-59(2,3)43-29-33-49(34-30-43)68-53-36-32-47(62(9,10)45-25-18-15-19-26-45)40-51(53)64-50-39-46(61(7,8)44-23-16-14-17-24-44)31-35-52(50)67(56-41-48(60(4,5)6)42-57(68)58(56)64)38-22-37-63(11)65(12)54-27-20-21-28-55(54)66(63)13/h14-21,23-36,39-42H,22,37-38H2,1-13H3. The van der Waals surface area contributed by atoms with Crippen LogP contribution in [0.1, 0.15) is 122 Å². The van der Waals surface area contributed by atoms with E-state index < -0.39 is 0 Å². The van der Waals surface area contributed by atoms with Gasteiger partial charge in [0.05, 0.1) is 11.4 Å². The van der Waals surface area contributed by atoms with E-state index >= 15 is 0 Å². The lowest BCUT2D eigenvalue weighted by atomic mass is 9.33. The van der Waals surface area contributed by atoms with Gasteiger partial charge < -0.3 is 19.6 Å². The molecular formula is C63H71BN4. The van der Waals surface area contributed by atoms with Crippen molar-refractivity contribution in [2.75, 3.05) is 40.2 Å². The molecule has 7 aromatic carbocycles. The third-order valence-corrected chi connectivity index (χ3v) is 16.5. The van der Waals surface area contributed by atoms with Crippen molar-refractivity contribution in [2.24, 2.45) is 0 Å². The first-order chi connectivity index (χ1) is 32.2. The smallest absolute Gasteiger partial charge is 0.252 e. The number of anilines is 7. The highest BCUT2D eigenvalue weighted by atomic mass is 15.4. The number of benzene rings is 7. The zero-order chi connectivity index (χ0) is 48.1. The minimum atomic E-state index is -0.217. The molecule has 0 spiro atoms. The van der Waals surface area contributed by atoms with Gasteiger partial charge in [0.15, 0.2) is 0 Å². The van der Waals surface area contributed by atoms with E-state index in [2.05, 4.69) is 268 Å². The van der Waals surface area contributed by atoms with Crippen molar-refractivity contribution in [3.05, 3.63) is 191 Å². The van der Waals surface area contributed by atoms with Crippen LogP contribution >= 0.6 is 0 Å². The Balaban J connectivity index is 1.21. The second-order valence-corrected chi connectivity index (χ2v) is 23.4. The summed E-state index contributed by atoms with van der Waals surface area (Å²) < 4.78 is 0. The Hall–Kier alpha value is -6.20. The number of hydrogen-bond acceptors (Lipinski definition) is 4. The summed E-state index contributed by atoms with van der Waals surface area (Å²) in [6.07, 6.45) is 2.02. The van der Waals surface area contributed by atoms with Gasteiger partial charge in [-0.1, -0.05) is 178 Å². The van der Waals surface area contributed by atoms with Gasteiger partial charge in [0.25, 0.3) is 6.71 Å². The third kappa shape index (κ3) is 7.34. The quantitative estimate of drug-likeness (QED) is 0.134. The Morgan fingerprint density at radius 2 is 0.882 bits per heavy atom. The molecule has 0 saturated heterocycles. The van der Waals surface area contributed by atoms with Crippen LogP contribution in [0.4, 0.5) is 39.8 Å². The lowest BCUT2D eigenvalue weighted by molar-refractivity contribution is 0.412. The highest BCUT2D eigenvalue weighted by molar-refractivity contribution is 7.00. The Bertz CT molecular complexity index is 2980. The fourth-order valence-corrected chi connectivity index (χ4v) is 11.7. The SMILES string of the molecule is CN1c2ccccc2N(C)C1(C)CCCN1c2ccc(C(C)(C)c3ccccc3)cc2B2c3cc(C(C)(C)c4ccccc4)ccc3N(c3ccc(C(C)(C)C)cc3)c3cc(C(C)(C)C)cc1c32. The molecule has 5 heteroatoms. The maximum Gasteiger partial charge on any atom is 0.252 e. The molecule has 346 valence electrons. The van der Waals surface area contributed by atoms with Gasteiger partial charge in [-0.3, -0.25) is 0 Å². The van der Waals surface area contributed by atoms with Gasteiger partial charge in [-0.2, -0.15) is 0 Å². The Morgan fingerprint density at radius 3 is 1.40 bits per heavy atom. The molecule has 0 N–H and O–H groups in total. The van der Waals surface area contributed by atoms with E-state index in [1.165, 1.54) is 89.6 Å². The highest BCUT2D eigenvalue weighted by Crippen LogP contribution is 2.48. The first kappa shape index (κ1) is 45.6. The molecule has 7 aromatic rings. The molecular weight excluding hydrogens is 824 g/mol. The maximum absolute atomic E-state index is 2.72. The van der Waals surface area contributed by atoms with Crippen molar-refractivity contribution < 1.29 is 0 Å². The van der Waals surface area contributed by atoms with Crippen LogP contribution in [0.25, 0.3) is 0 Å². The summed E-state index contributed by atoms with van der Waals surface area (Å²) in [6.45, 7) is 26.9. The minimum absolute atomic E-state index is 0.0116. The van der Waals surface area contributed by atoms with Gasteiger partial charge in [0, 0.05) is 59.9 Å². The van der Waals surface area contributed by atoms with E-state index in [-0.39, 0.29) is 34.0 Å². The van der Waals surface area contributed by atoms with Crippen LogP contribution in [-0.4, -0.2) is 33.0 Å². The molecule has 3 aliphatic heterocycles. The molecule has 0 atom stereocenters. The Labute approximate surface area is 408 Å². The molecule has 3 heterocycles. The van der Waals surface area contributed by atoms with E-state index in [1.807, 2.05) is 0 Å². The van der Waals surface area contributed by atoms with Crippen molar-refractivity contribution in [3.63, 3.8) is 0 Å². The largest absolute Gasteiger partial charge is 0.350 e. The molecule has 3 aliphatic rings. The van der Waals surface area contributed by atoms with Crippen LogP contribution in [0.5, 0.6) is 0 Å². The Kier molecular flexibility index (Phi) is 10.9. The summed E-state index contributed by atoms with van der Waals surface area (Å²) in [5, 5.41) is 0. The molecule has 0 aromatic heterocycles.